The molecule has 1 amide bonds. The first-order valence-corrected chi connectivity index (χ1v) is 8.19. The van der Waals surface area contributed by atoms with E-state index in [-0.39, 0.29) is 29.4 Å². The number of nitrogens with one attached hydrogen (secondary N) is 2. The zero-order valence-electron chi connectivity index (χ0n) is 13.8. The van der Waals surface area contributed by atoms with Gasteiger partial charge in [-0.15, -0.1) is 12.4 Å². The van der Waals surface area contributed by atoms with E-state index in [0.717, 1.165) is 25.9 Å². The lowest BCUT2D eigenvalue weighted by Crippen LogP contribution is -2.61. The molecule has 2 fully saturated rings. The first-order valence-electron chi connectivity index (χ1n) is 8.19. The summed E-state index contributed by atoms with van der Waals surface area (Å²) < 4.78 is 0. The van der Waals surface area contributed by atoms with Gasteiger partial charge >= 0.3 is 0 Å². The van der Waals surface area contributed by atoms with Crippen molar-refractivity contribution in [2.75, 3.05) is 27.2 Å². The molecule has 0 aromatic heterocycles. The fourth-order valence-corrected chi connectivity index (χ4v) is 3.68. The number of nitrogens with zero attached hydrogens (tertiary/aromatic N) is 1. The van der Waals surface area contributed by atoms with Crippen molar-refractivity contribution in [2.45, 2.75) is 69.4 Å². The zero-order chi connectivity index (χ0) is 14.6. The number of piperidine rings is 1. The second kappa shape index (κ2) is 7.80. The quantitative estimate of drug-likeness (QED) is 0.836. The molecule has 124 valence electrons. The minimum Gasteiger partial charge on any atom is -0.353 e. The van der Waals surface area contributed by atoms with Gasteiger partial charge in [0.2, 0.25) is 5.91 Å². The van der Waals surface area contributed by atoms with Crippen LogP contribution in [-0.4, -0.2) is 49.1 Å². The van der Waals surface area contributed by atoms with Crippen molar-refractivity contribution in [3.63, 3.8) is 0 Å². The zero-order valence-corrected chi connectivity index (χ0v) is 14.7. The molecule has 0 aromatic carbocycles. The summed E-state index contributed by atoms with van der Waals surface area (Å²) in [5, 5.41) is 6.64. The Kier molecular flexibility index (Phi) is 6.95. The number of likely N-dealkylation sites (N-methyl/N-ethyl adjacent to an activating group) is 1. The molecule has 2 rings (SSSR count). The van der Waals surface area contributed by atoms with Gasteiger partial charge in [-0.25, -0.2) is 0 Å². The van der Waals surface area contributed by atoms with E-state index in [4.69, 9.17) is 0 Å². The van der Waals surface area contributed by atoms with Gasteiger partial charge < -0.3 is 15.5 Å². The topological polar surface area (TPSA) is 44.4 Å². The summed E-state index contributed by atoms with van der Waals surface area (Å²) in [7, 11) is 4.30. The molecule has 5 heteroatoms. The van der Waals surface area contributed by atoms with Crippen molar-refractivity contribution < 1.29 is 4.79 Å². The molecule has 4 nitrogen and oxygen atoms in total. The van der Waals surface area contributed by atoms with Gasteiger partial charge in [0.1, 0.15) is 0 Å². The third-order valence-electron chi connectivity index (χ3n) is 5.43. The van der Waals surface area contributed by atoms with Crippen LogP contribution in [0.1, 0.15) is 58.3 Å². The standard InChI is InChI=1S/C16H31N3O.ClH/c1-15(9-7-8-12-18-15)14(20)17-13-16(19(2)3)10-5-4-6-11-16;/h18H,4-13H2,1-3H3,(H,17,20);1H. The summed E-state index contributed by atoms with van der Waals surface area (Å²) in [6.07, 6.45) is 9.58. The Morgan fingerprint density at radius 1 is 1.10 bits per heavy atom. The van der Waals surface area contributed by atoms with Gasteiger partial charge in [-0.2, -0.15) is 0 Å². The largest absolute Gasteiger partial charge is 0.353 e. The highest BCUT2D eigenvalue weighted by Crippen LogP contribution is 2.31. The predicted molar refractivity (Wildman–Crippen MR) is 90.0 cm³/mol. The van der Waals surface area contributed by atoms with E-state index in [1.807, 2.05) is 6.92 Å². The lowest BCUT2D eigenvalue weighted by molar-refractivity contribution is -0.128. The summed E-state index contributed by atoms with van der Waals surface area (Å²) in [5.74, 6) is 0.184. The Bertz CT molecular complexity index is 334. The van der Waals surface area contributed by atoms with Crippen molar-refractivity contribution in [1.29, 1.82) is 0 Å². The second-order valence-corrected chi connectivity index (χ2v) is 7.08. The molecule has 0 radical (unpaired) electrons. The van der Waals surface area contributed by atoms with E-state index >= 15 is 0 Å². The summed E-state index contributed by atoms with van der Waals surface area (Å²) in [4.78, 5) is 14.9. The van der Waals surface area contributed by atoms with E-state index in [2.05, 4.69) is 29.6 Å². The number of hydrogen-bond acceptors (Lipinski definition) is 3. The van der Waals surface area contributed by atoms with E-state index < -0.39 is 0 Å². The van der Waals surface area contributed by atoms with Crippen LogP contribution in [0.15, 0.2) is 0 Å². The first kappa shape index (κ1) is 18.7. The molecule has 1 saturated carbocycles. The van der Waals surface area contributed by atoms with Gasteiger partial charge in [-0.05, 0) is 59.7 Å². The van der Waals surface area contributed by atoms with Crippen LogP contribution < -0.4 is 10.6 Å². The molecule has 0 bridgehead atoms. The molecule has 1 saturated heterocycles. The summed E-state index contributed by atoms with van der Waals surface area (Å²) in [5.41, 5.74) is -0.195. The van der Waals surface area contributed by atoms with Crippen LogP contribution in [-0.2, 0) is 4.79 Å². The SMILES string of the molecule is CN(C)C1(CNC(=O)C2(C)CCCCN2)CCCCC1.Cl. The van der Waals surface area contributed by atoms with Crippen LogP contribution >= 0.6 is 12.4 Å². The van der Waals surface area contributed by atoms with Crippen LogP contribution in [0, 0.1) is 0 Å². The molecule has 0 aromatic rings. The Labute approximate surface area is 135 Å². The van der Waals surface area contributed by atoms with Gasteiger partial charge in [0.25, 0.3) is 0 Å². The van der Waals surface area contributed by atoms with E-state index in [0.29, 0.717) is 0 Å². The molecule has 1 aliphatic heterocycles. The number of rotatable bonds is 4. The number of hydrogen-bond donors (Lipinski definition) is 2. The molecule has 2 N–H and O–H groups in total. The molecule has 21 heavy (non-hydrogen) atoms. The van der Waals surface area contributed by atoms with Crippen LogP contribution in [0.5, 0.6) is 0 Å². The van der Waals surface area contributed by atoms with Gasteiger partial charge in [0.15, 0.2) is 0 Å². The van der Waals surface area contributed by atoms with Crippen LogP contribution in [0.2, 0.25) is 0 Å². The highest BCUT2D eigenvalue weighted by atomic mass is 35.5. The third kappa shape index (κ3) is 4.33. The minimum absolute atomic E-state index is 0. The fraction of sp³-hybridized carbons (Fsp3) is 0.938. The lowest BCUT2D eigenvalue weighted by Gasteiger charge is -2.44. The molecule has 2 aliphatic rings. The molecular weight excluding hydrogens is 286 g/mol. The van der Waals surface area contributed by atoms with Crippen molar-refractivity contribution >= 4 is 18.3 Å². The van der Waals surface area contributed by atoms with Crippen molar-refractivity contribution in [3.8, 4) is 0 Å². The summed E-state index contributed by atoms with van der Waals surface area (Å²) in [6, 6.07) is 0. The smallest absolute Gasteiger partial charge is 0.240 e. The number of amides is 1. The second-order valence-electron chi connectivity index (χ2n) is 7.08. The van der Waals surface area contributed by atoms with Gasteiger partial charge in [0, 0.05) is 12.1 Å². The normalized spacial score (nSPS) is 28.8. The maximum Gasteiger partial charge on any atom is 0.240 e. The van der Waals surface area contributed by atoms with E-state index in [1.165, 1.54) is 38.5 Å². The Hall–Kier alpha value is -0.320. The molecule has 1 heterocycles. The molecule has 1 atom stereocenters. The highest BCUT2D eigenvalue weighted by Gasteiger charge is 2.38. The Morgan fingerprint density at radius 3 is 2.24 bits per heavy atom. The Balaban J connectivity index is 0.00000220. The molecular formula is C16H32ClN3O. The summed E-state index contributed by atoms with van der Waals surface area (Å²) >= 11 is 0. The Morgan fingerprint density at radius 2 is 1.71 bits per heavy atom. The van der Waals surface area contributed by atoms with Crippen LogP contribution in [0.4, 0.5) is 0 Å². The molecule has 1 aliphatic carbocycles. The third-order valence-corrected chi connectivity index (χ3v) is 5.43. The first-order chi connectivity index (χ1) is 9.49. The maximum atomic E-state index is 12.5. The monoisotopic (exact) mass is 317 g/mol. The van der Waals surface area contributed by atoms with Gasteiger partial charge in [-0.1, -0.05) is 19.3 Å². The average Bonchev–Trinajstić information content (AvgIpc) is 2.46. The van der Waals surface area contributed by atoms with E-state index in [1.54, 1.807) is 0 Å². The average molecular weight is 318 g/mol. The van der Waals surface area contributed by atoms with E-state index in [9.17, 15) is 4.79 Å². The lowest BCUT2D eigenvalue weighted by atomic mass is 9.80. The minimum atomic E-state index is -0.361. The summed E-state index contributed by atoms with van der Waals surface area (Å²) in [6.45, 7) is 3.80. The predicted octanol–water partition coefficient (Wildman–Crippen LogP) is 2.32. The number of halogens is 1. The van der Waals surface area contributed by atoms with Crippen molar-refractivity contribution in [3.05, 3.63) is 0 Å². The van der Waals surface area contributed by atoms with Gasteiger partial charge in [-0.3, -0.25) is 4.79 Å². The molecule has 0 spiro atoms. The molecule has 1 unspecified atom stereocenters. The van der Waals surface area contributed by atoms with Crippen molar-refractivity contribution in [2.24, 2.45) is 0 Å². The van der Waals surface area contributed by atoms with Crippen molar-refractivity contribution in [1.82, 2.24) is 15.5 Å². The van der Waals surface area contributed by atoms with Crippen LogP contribution in [0.25, 0.3) is 0 Å². The number of carbonyl (C=O) groups is 1. The fourth-order valence-electron chi connectivity index (χ4n) is 3.68. The van der Waals surface area contributed by atoms with Gasteiger partial charge in [0.05, 0.1) is 5.54 Å². The van der Waals surface area contributed by atoms with Crippen LogP contribution in [0.3, 0.4) is 0 Å². The highest BCUT2D eigenvalue weighted by molar-refractivity contribution is 5.86. The maximum absolute atomic E-state index is 12.5. The number of carbonyl (C=O) groups excluding carboxylic acids is 1.